The highest BCUT2D eigenvalue weighted by molar-refractivity contribution is 6.28. The van der Waals surface area contributed by atoms with Crippen molar-refractivity contribution in [1.29, 1.82) is 0 Å². The van der Waals surface area contributed by atoms with E-state index in [4.69, 9.17) is 0 Å². The molecule has 0 unspecified atom stereocenters. The predicted molar refractivity (Wildman–Crippen MR) is 268 cm³/mol. The van der Waals surface area contributed by atoms with Gasteiger partial charge in [-0.3, -0.25) is 0 Å². The van der Waals surface area contributed by atoms with Gasteiger partial charge in [0.25, 0.3) is 0 Å². The highest BCUT2D eigenvalue weighted by atomic mass is 19.1. The Morgan fingerprint density at radius 2 is 0.682 bits per heavy atom. The van der Waals surface area contributed by atoms with E-state index in [1.165, 1.54) is 0 Å². The molecule has 0 fully saturated rings. The van der Waals surface area contributed by atoms with Crippen LogP contribution >= 0.6 is 0 Å². The Kier molecular flexibility index (Phi) is 10.4. The molecule has 0 bridgehead atoms. The molecule has 0 N–H and O–H groups in total. The molecular formula is C60H48F4N2. The van der Waals surface area contributed by atoms with Crippen LogP contribution < -0.4 is 9.80 Å². The number of nitrogens with zero attached hydrogens (tertiary/aromatic N) is 2. The molecule has 0 amide bonds. The lowest BCUT2D eigenvalue weighted by Crippen LogP contribution is -2.14. The van der Waals surface area contributed by atoms with Crippen molar-refractivity contribution in [3.63, 3.8) is 0 Å². The van der Waals surface area contributed by atoms with E-state index in [0.29, 0.717) is 33.9 Å². The Bertz CT molecular complexity index is 3180. The maximum atomic E-state index is 16.6. The zero-order valence-corrected chi connectivity index (χ0v) is 37.7. The van der Waals surface area contributed by atoms with Gasteiger partial charge in [0, 0.05) is 45.4 Å². The second-order valence-electron chi connectivity index (χ2n) is 19.2. The van der Waals surface area contributed by atoms with Crippen LogP contribution in [0.15, 0.2) is 182 Å². The summed E-state index contributed by atoms with van der Waals surface area (Å²) in [5, 5.41) is 5.45. The first-order valence-corrected chi connectivity index (χ1v) is 22.3. The number of anilines is 6. The van der Waals surface area contributed by atoms with Gasteiger partial charge in [0.05, 0.1) is 22.7 Å². The summed E-state index contributed by atoms with van der Waals surface area (Å²) in [6.45, 7) is 12.8. The fraction of sp³-hybridized carbons (Fsp3) is 0.133. The lowest BCUT2D eigenvalue weighted by molar-refractivity contribution is 0.585. The number of hydrogen-bond acceptors (Lipinski definition) is 2. The molecule has 0 spiro atoms. The quantitative estimate of drug-likeness (QED) is 0.111. The normalized spacial score (nSPS) is 12.1. The van der Waals surface area contributed by atoms with Crippen molar-refractivity contribution in [3.8, 4) is 22.3 Å². The van der Waals surface area contributed by atoms with Crippen molar-refractivity contribution in [1.82, 2.24) is 0 Å². The first-order valence-electron chi connectivity index (χ1n) is 22.3. The molecule has 0 saturated carbocycles. The fourth-order valence-electron chi connectivity index (χ4n) is 9.29. The SMILES string of the molecule is CC(C)(C)c1ccc(-c2cc(N(c3ccccc3)c3ccc4ccc5c(N(c6ccccc6)c6cc(-c7ccc(C(C)(C)C)cc7)c(F)cc6F)ccc6ccc3c4c65)c(F)cc2F)cc1. The number of hydrogen-bond donors (Lipinski definition) is 0. The molecule has 0 aliphatic carbocycles. The standard InChI is InChI=1S/C60H48F4N2/c1-59(2,3)41-25-17-37(18-26-41)47-33-55(51(63)35-49(47)61)65(43-13-9-7-10-14-43)53-31-23-39-22-30-46-54(32-24-40-21-29-45(53)57(39)58(40)46)66(44-15-11-8-12-16-44)56-34-48(50(62)36-52(56)64)38-19-27-42(28-20-38)60(4,5)6/h7-36H,1-6H3. The number of rotatable bonds is 8. The van der Waals surface area contributed by atoms with Crippen molar-refractivity contribution in [2.45, 2.75) is 52.4 Å². The van der Waals surface area contributed by atoms with E-state index in [0.717, 1.165) is 55.6 Å². The van der Waals surface area contributed by atoms with Crippen molar-refractivity contribution >= 4 is 66.4 Å². The van der Waals surface area contributed by atoms with Gasteiger partial charge in [0.2, 0.25) is 0 Å². The molecule has 66 heavy (non-hydrogen) atoms. The summed E-state index contributed by atoms with van der Waals surface area (Å²) in [7, 11) is 0. The van der Waals surface area contributed by atoms with Crippen LogP contribution in [0.2, 0.25) is 0 Å². The third-order valence-electron chi connectivity index (χ3n) is 12.8. The molecule has 0 saturated heterocycles. The predicted octanol–water partition coefficient (Wildman–Crippen LogP) is 18.0. The summed E-state index contributed by atoms with van der Waals surface area (Å²) in [5.41, 5.74) is 7.05. The molecule has 0 aliphatic heterocycles. The minimum Gasteiger partial charge on any atom is -0.307 e. The van der Waals surface area contributed by atoms with Crippen LogP contribution in [0.5, 0.6) is 0 Å². The van der Waals surface area contributed by atoms with E-state index in [1.54, 1.807) is 12.1 Å². The van der Waals surface area contributed by atoms with Crippen LogP contribution in [-0.4, -0.2) is 0 Å². The van der Waals surface area contributed by atoms with Crippen LogP contribution in [0.4, 0.5) is 51.7 Å². The smallest absolute Gasteiger partial charge is 0.150 e. The first kappa shape index (κ1) is 42.5. The van der Waals surface area contributed by atoms with Gasteiger partial charge in [-0.2, -0.15) is 0 Å². The monoisotopic (exact) mass is 872 g/mol. The molecular weight excluding hydrogens is 825 g/mol. The van der Waals surface area contributed by atoms with Gasteiger partial charge >= 0.3 is 0 Å². The van der Waals surface area contributed by atoms with Crippen molar-refractivity contribution in [2.24, 2.45) is 0 Å². The molecule has 0 heterocycles. The summed E-state index contributed by atoms with van der Waals surface area (Å²) in [6, 6.07) is 56.0. The fourth-order valence-corrected chi connectivity index (χ4v) is 9.29. The number of benzene rings is 10. The van der Waals surface area contributed by atoms with Crippen LogP contribution in [0, 0.1) is 23.3 Å². The Labute approximate surface area is 383 Å². The van der Waals surface area contributed by atoms with E-state index < -0.39 is 23.3 Å². The summed E-state index contributed by atoms with van der Waals surface area (Å²) in [5.74, 6) is -2.71. The first-order chi connectivity index (χ1) is 31.7. The minimum atomic E-state index is -0.705. The average molecular weight is 873 g/mol. The summed E-state index contributed by atoms with van der Waals surface area (Å²) < 4.78 is 64.9. The van der Waals surface area contributed by atoms with Gasteiger partial charge in [-0.05, 0) is 103 Å². The lowest BCUT2D eigenvalue weighted by atomic mass is 9.86. The molecule has 10 aromatic carbocycles. The maximum absolute atomic E-state index is 16.6. The third-order valence-corrected chi connectivity index (χ3v) is 12.8. The summed E-state index contributed by atoms with van der Waals surface area (Å²) in [6.07, 6.45) is 0. The number of halogens is 4. The minimum absolute atomic E-state index is 0.0924. The van der Waals surface area contributed by atoms with E-state index in [1.807, 2.05) is 143 Å². The van der Waals surface area contributed by atoms with E-state index in [-0.39, 0.29) is 33.3 Å². The van der Waals surface area contributed by atoms with E-state index >= 15 is 17.6 Å². The van der Waals surface area contributed by atoms with Gasteiger partial charge < -0.3 is 9.80 Å². The third kappa shape index (κ3) is 7.50. The van der Waals surface area contributed by atoms with E-state index in [2.05, 4.69) is 65.8 Å². The molecule has 2 nitrogen and oxygen atoms in total. The Hall–Kier alpha value is -7.44. The molecule has 326 valence electrons. The molecule has 10 aromatic rings. The Morgan fingerprint density at radius 3 is 1.03 bits per heavy atom. The number of para-hydroxylation sites is 2. The van der Waals surface area contributed by atoms with Gasteiger partial charge in [-0.15, -0.1) is 0 Å². The maximum Gasteiger partial charge on any atom is 0.150 e. The summed E-state index contributed by atoms with van der Waals surface area (Å²) in [4.78, 5) is 3.71. The van der Waals surface area contributed by atoms with Crippen molar-refractivity contribution in [3.05, 3.63) is 216 Å². The second kappa shape index (κ2) is 16.2. The topological polar surface area (TPSA) is 6.48 Å². The zero-order chi connectivity index (χ0) is 46.1. The van der Waals surface area contributed by atoms with Gasteiger partial charge in [0.1, 0.15) is 23.3 Å². The van der Waals surface area contributed by atoms with Crippen LogP contribution in [0.25, 0.3) is 54.6 Å². The van der Waals surface area contributed by atoms with Crippen LogP contribution in [-0.2, 0) is 10.8 Å². The van der Waals surface area contributed by atoms with Gasteiger partial charge in [0.15, 0.2) is 0 Å². The van der Waals surface area contributed by atoms with Crippen LogP contribution in [0.1, 0.15) is 52.7 Å². The summed E-state index contributed by atoms with van der Waals surface area (Å²) >= 11 is 0. The Morgan fingerprint density at radius 1 is 0.333 bits per heavy atom. The highest BCUT2D eigenvalue weighted by Crippen LogP contribution is 2.49. The molecule has 10 rings (SSSR count). The highest BCUT2D eigenvalue weighted by Gasteiger charge is 2.27. The molecule has 0 aromatic heterocycles. The van der Waals surface area contributed by atoms with Gasteiger partial charge in [-0.25, -0.2) is 17.6 Å². The second-order valence-corrected chi connectivity index (χ2v) is 19.2. The molecule has 0 radical (unpaired) electrons. The van der Waals surface area contributed by atoms with Crippen LogP contribution in [0.3, 0.4) is 0 Å². The average Bonchev–Trinajstić information content (AvgIpc) is 3.30. The van der Waals surface area contributed by atoms with Crippen molar-refractivity contribution in [2.75, 3.05) is 9.80 Å². The molecule has 0 aliphatic rings. The molecule has 6 heteroatoms. The Balaban J connectivity index is 1.18. The zero-order valence-electron chi connectivity index (χ0n) is 37.7. The molecule has 0 atom stereocenters. The lowest BCUT2D eigenvalue weighted by Gasteiger charge is -2.30. The van der Waals surface area contributed by atoms with Crippen molar-refractivity contribution < 1.29 is 17.6 Å². The van der Waals surface area contributed by atoms with E-state index in [9.17, 15) is 0 Å². The van der Waals surface area contributed by atoms with Gasteiger partial charge in [-0.1, -0.05) is 163 Å². The largest absolute Gasteiger partial charge is 0.307 e.